The van der Waals surface area contributed by atoms with E-state index in [1.165, 1.54) is 0 Å². The molecule has 1 fully saturated rings. The van der Waals surface area contributed by atoms with Crippen molar-refractivity contribution < 1.29 is 13.7 Å². The average molecular weight is 338 g/mol. The molecule has 1 unspecified atom stereocenters. The van der Waals surface area contributed by atoms with Gasteiger partial charge in [-0.15, -0.1) is 0 Å². The minimum Gasteiger partial charge on any atom is -0.459 e. The van der Waals surface area contributed by atoms with Gasteiger partial charge in [-0.25, -0.2) is 0 Å². The van der Waals surface area contributed by atoms with Gasteiger partial charge >= 0.3 is 0 Å². The number of nitrogens with zero attached hydrogens (tertiary/aromatic N) is 4. The van der Waals surface area contributed by atoms with Crippen molar-refractivity contribution in [2.75, 3.05) is 13.1 Å². The van der Waals surface area contributed by atoms with E-state index in [0.29, 0.717) is 36.3 Å². The van der Waals surface area contributed by atoms with Gasteiger partial charge in [-0.3, -0.25) is 14.7 Å². The lowest BCUT2D eigenvalue weighted by Crippen LogP contribution is -2.38. The van der Waals surface area contributed by atoms with Crippen LogP contribution in [0.3, 0.4) is 0 Å². The molecule has 7 heteroatoms. The molecule has 4 heterocycles. The molecule has 3 aromatic heterocycles. The normalized spacial score (nSPS) is 18.3. The molecule has 0 bridgehead atoms. The minimum atomic E-state index is -0.0416. The van der Waals surface area contributed by atoms with E-state index in [1.54, 1.807) is 30.7 Å². The van der Waals surface area contributed by atoms with Gasteiger partial charge in [0.1, 0.15) is 5.69 Å². The summed E-state index contributed by atoms with van der Waals surface area (Å²) in [5, 5.41) is 4.01. The molecule has 1 atom stereocenters. The Kier molecular flexibility index (Phi) is 4.39. The van der Waals surface area contributed by atoms with Crippen LogP contribution in [0.5, 0.6) is 0 Å². The van der Waals surface area contributed by atoms with E-state index in [1.807, 2.05) is 12.1 Å². The first kappa shape index (κ1) is 15.7. The maximum Gasteiger partial charge on any atom is 0.293 e. The van der Waals surface area contributed by atoms with Crippen molar-refractivity contribution >= 4 is 5.78 Å². The van der Waals surface area contributed by atoms with Crippen LogP contribution in [0.2, 0.25) is 0 Å². The Morgan fingerprint density at radius 3 is 3.04 bits per heavy atom. The summed E-state index contributed by atoms with van der Waals surface area (Å²) in [5.74, 6) is 1.59. The molecule has 25 heavy (non-hydrogen) atoms. The molecule has 1 saturated heterocycles. The molecule has 0 amide bonds. The fraction of sp³-hybridized carbons (Fsp3) is 0.333. The third-order valence-electron chi connectivity index (χ3n) is 4.36. The van der Waals surface area contributed by atoms with Crippen molar-refractivity contribution in [3.8, 4) is 11.7 Å². The molecule has 3 aromatic rings. The number of likely N-dealkylation sites (tertiary alicyclic amines) is 1. The van der Waals surface area contributed by atoms with Crippen molar-refractivity contribution in [1.29, 1.82) is 0 Å². The predicted molar refractivity (Wildman–Crippen MR) is 88.6 cm³/mol. The quantitative estimate of drug-likeness (QED) is 0.661. The zero-order valence-electron chi connectivity index (χ0n) is 13.7. The molecular weight excluding hydrogens is 320 g/mol. The van der Waals surface area contributed by atoms with E-state index in [-0.39, 0.29) is 11.7 Å². The molecule has 128 valence electrons. The SMILES string of the molecule is O=C(c1ccccn1)C1CCCN(Cc2noc(-c3ccco3)n2)C1. The topological polar surface area (TPSA) is 85.3 Å². The first-order chi connectivity index (χ1) is 12.3. The number of pyridine rings is 1. The van der Waals surface area contributed by atoms with Crippen LogP contribution in [-0.4, -0.2) is 38.9 Å². The Balaban J connectivity index is 1.41. The fourth-order valence-corrected chi connectivity index (χ4v) is 3.15. The second-order valence-corrected chi connectivity index (χ2v) is 6.15. The van der Waals surface area contributed by atoms with E-state index < -0.39 is 0 Å². The third-order valence-corrected chi connectivity index (χ3v) is 4.36. The number of aromatic nitrogens is 3. The number of hydrogen-bond donors (Lipinski definition) is 0. The third kappa shape index (κ3) is 3.51. The maximum absolute atomic E-state index is 12.6. The molecule has 0 aliphatic carbocycles. The molecule has 0 saturated carbocycles. The van der Waals surface area contributed by atoms with E-state index in [4.69, 9.17) is 8.94 Å². The van der Waals surface area contributed by atoms with Crippen LogP contribution in [0, 0.1) is 5.92 Å². The van der Waals surface area contributed by atoms with Crippen LogP contribution in [-0.2, 0) is 6.54 Å². The summed E-state index contributed by atoms with van der Waals surface area (Å²) in [4.78, 5) is 23.3. The number of ketones is 1. The highest BCUT2D eigenvalue weighted by Crippen LogP contribution is 2.22. The van der Waals surface area contributed by atoms with Gasteiger partial charge in [-0.2, -0.15) is 4.98 Å². The van der Waals surface area contributed by atoms with Crippen LogP contribution in [0.4, 0.5) is 0 Å². The van der Waals surface area contributed by atoms with Gasteiger partial charge in [0.25, 0.3) is 5.89 Å². The summed E-state index contributed by atoms with van der Waals surface area (Å²) in [6.07, 6.45) is 5.07. The highest BCUT2D eigenvalue weighted by Gasteiger charge is 2.28. The Labute approximate surface area is 144 Å². The number of piperidine rings is 1. The van der Waals surface area contributed by atoms with E-state index in [2.05, 4.69) is 20.0 Å². The molecule has 0 N–H and O–H groups in total. The van der Waals surface area contributed by atoms with Gasteiger partial charge in [0.2, 0.25) is 0 Å². The summed E-state index contributed by atoms with van der Waals surface area (Å²) in [7, 11) is 0. The maximum atomic E-state index is 12.6. The monoisotopic (exact) mass is 338 g/mol. The minimum absolute atomic E-state index is 0.0416. The van der Waals surface area contributed by atoms with E-state index >= 15 is 0 Å². The molecule has 4 rings (SSSR count). The number of Topliss-reactive ketones (excluding diaryl/α,β-unsaturated/α-hetero) is 1. The highest BCUT2D eigenvalue weighted by molar-refractivity contribution is 5.96. The first-order valence-electron chi connectivity index (χ1n) is 8.33. The molecular formula is C18H18N4O3. The molecule has 0 radical (unpaired) electrons. The smallest absolute Gasteiger partial charge is 0.293 e. The highest BCUT2D eigenvalue weighted by atomic mass is 16.5. The standard InChI is InChI=1S/C18H18N4O3/c23-17(14-6-1-2-8-19-14)13-5-3-9-22(11-13)12-16-20-18(25-21-16)15-7-4-10-24-15/h1-2,4,6-8,10,13H,3,5,9,11-12H2. The van der Waals surface area contributed by atoms with Gasteiger partial charge in [-0.05, 0) is 43.7 Å². The fourth-order valence-electron chi connectivity index (χ4n) is 3.15. The van der Waals surface area contributed by atoms with Crippen molar-refractivity contribution in [2.45, 2.75) is 19.4 Å². The predicted octanol–water partition coefficient (Wildman–Crippen LogP) is 2.82. The lowest BCUT2D eigenvalue weighted by Gasteiger charge is -2.30. The van der Waals surface area contributed by atoms with Crippen molar-refractivity contribution in [3.05, 3.63) is 54.3 Å². The summed E-state index contributed by atoms with van der Waals surface area (Å²) in [6, 6.07) is 8.99. The number of carbonyl (C=O) groups excluding carboxylic acids is 1. The van der Waals surface area contributed by atoms with Crippen LogP contribution >= 0.6 is 0 Å². The van der Waals surface area contributed by atoms with Gasteiger partial charge in [0, 0.05) is 18.7 Å². The van der Waals surface area contributed by atoms with E-state index in [0.717, 1.165) is 19.4 Å². The lowest BCUT2D eigenvalue weighted by atomic mass is 9.92. The van der Waals surface area contributed by atoms with Gasteiger partial charge < -0.3 is 8.94 Å². The second-order valence-electron chi connectivity index (χ2n) is 6.15. The zero-order valence-corrected chi connectivity index (χ0v) is 13.7. The van der Waals surface area contributed by atoms with E-state index in [9.17, 15) is 4.79 Å². The molecule has 1 aliphatic rings. The van der Waals surface area contributed by atoms with Crippen molar-refractivity contribution in [1.82, 2.24) is 20.0 Å². The Morgan fingerprint density at radius 2 is 2.24 bits per heavy atom. The van der Waals surface area contributed by atoms with Crippen molar-refractivity contribution in [3.63, 3.8) is 0 Å². The summed E-state index contributed by atoms with van der Waals surface area (Å²) < 4.78 is 10.5. The van der Waals surface area contributed by atoms with Crippen LogP contribution in [0.1, 0.15) is 29.2 Å². The summed E-state index contributed by atoms with van der Waals surface area (Å²) in [6.45, 7) is 2.15. The summed E-state index contributed by atoms with van der Waals surface area (Å²) >= 11 is 0. The number of furan rings is 1. The molecule has 1 aliphatic heterocycles. The Bertz CT molecular complexity index is 829. The van der Waals surface area contributed by atoms with Gasteiger partial charge in [0.05, 0.1) is 12.8 Å². The first-order valence-corrected chi connectivity index (χ1v) is 8.33. The van der Waals surface area contributed by atoms with Crippen molar-refractivity contribution in [2.24, 2.45) is 5.92 Å². The summed E-state index contributed by atoms with van der Waals surface area (Å²) in [5.41, 5.74) is 0.536. The molecule has 0 aromatic carbocycles. The largest absolute Gasteiger partial charge is 0.459 e. The lowest BCUT2D eigenvalue weighted by molar-refractivity contribution is 0.0802. The van der Waals surface area contributed by atoms with Gasteiger partial charge in [0.15, 0.2) is 17.4 Å². The Hall–Kier alpha value is -2.80. The van der Waals surface area contributed by atoms with Crippen LogP contribution in [0.15, 0.2) is 51.7 Å². The Morgan fingerprint density at radius 1 is 1.28 bits per heavy atom. The van der Waals surface area contributed by atoms with Gasteiger partial charge in [-0.1, -0.05) is 11.2 Å². The average Bonchev–Trinajstić information content (AvgIpc) is 3.34. The van der Waals surface area contributed by atoms with Crippen LogP contribution < -0.4 is 0 Å². The second kappa shape index (κ2) is 6.98. The number of carbonyl (C=O) groups is 1. The molecule has 0 spiro atoms. The zero-order chi connectivity index (χ0) is 17.1. The van der Waals surface area contributed by atoms with Crippen LogP contribution in [0.25, 0.3) is 11.7 Å². The molecule has 7 nitrogen and oxygen atoms in total. The number of hydrogen-bond acceptors (Lipinski definition) is 7. The number of rotatable bonds is 5.